The summed E-state index contributed by atoms with van der Waals surface area (Å²) in [5, 5.41) is 0.906. The van der Waals surface area contributed by atoms with Crippen molar-refractivity contribution in [2.75, 3.05) is 0 Å². The van der Waals surface area contributed by atoms with Crippen LogP contribution in [0.5, 0.6) is 0 Å². The van der Waals surface area contributed by atoms with Crippen LogP contribution in [0.15, 0.2) is 52.9 Å². The van der Waals surface area contributed by atoms with E-state index in [0.29, 0.717) is 11.3 Å². The number of halogens is 1. The van der Waals surface area contributed by atoms with Gasteiger partial charge in [0.25, 0.3) is 0 Å². The zero-order chi connectivity index (χ0) is 17.3. The number of furan rings is 1. The SMILES string of the molecule is Cc1ccc(CS(=O)(=O)N[C@H](C)c2cc3ccccc3o2)c(F)c1. The lowest BCUT2D eigenvalue weighted by Gasteiger charge is -2.12. The number of aryl methyl sites for hydroxylation is 1. The standard InChI is InChI=1S/C18H18FNO3S/c1-12-7-8-15(16(19)9-12)11-24(21,22)20-13(2)18-10-14-5-3-4-6-17(14)23-18/h3-10,13,20H,11H2,1-2H3/t13-/m1/s1. The van der Waals surface area contributed by atoms with E-state index in [0.717, 1.165) is 10.9 Å². The van der Waals surface area contributed by atoms with Crippen molar-refractivity contribution in [3.05, 3.63) is 71.2 Å². The minimum Gasteiger partial charge on any atom is -0.459 e. The third kappa shape index (κ3) is 3.66. The van der Waals surface area contributed by atoms with E-state index in [1.165, 1.54) is 12.1 Å². The molecule has 0 amide bonds. The van der Waals surface area contributed by atoms with Gasteiger partial charge in [-0.1, -0.05) is 30.3 Å². The van der Waals surface area contributed by atoms with Gasteiger partial charge in [-0.25, -0.2) is 17.5 Å². The molecule has 0 aliphatic carbocycles. The number of sulfonamides is 1. The van der Waals surface area contributed by atoms with Gasteiger partial charge in [0.1, 0.15) is 17.2 Å². The van der Waals surface area contributed by atoms with Gasteiger partial charge >= 0.3 is 0 Å². The predicted octanol–water partition coefficient (Wildman–Crippen LogP) is 4.06. The van der Waals surface area contributed by atoms with E-state index >= 15 is 0 Å². The van der Waals surface area contributed by atoms with Crippen molar-refractivity contribution in [1.29, 1.82) is 0 Å². The minimum absolute atomic E-state index is 0.143. The maximum absolute atomic E-state index is 13.9. The lowest BCUT2D eigenvalue weighted by Crippen LogP contribution is -2.28. The van der Waals surface area contributed by atoms with Crippen molar-refractivity contribution in [3.8, 4) is 0 Å². The van der Waals surface area contributed by atoms with Crippen molar-refractivity contribution >= 4 is 21.0 Å². The van der Waals surface area contributed by atoms with Crippen LogP contribution < -0.4 is 4.72 Å². The van der Waals surface area contributed by atoms with Gasteiger partial charge in [-0.15, -0.1) is 0 Å². The van der Waals surface area contributed by atoms with E-state index in [2.05, 4.69) is 4.72 Å². The molecule has 0 bridgehead atoms. The summed E-state index contributed by atoms with van der Waals surface area (Å²) in [6.45, 7) is 3.45. The highest BCUT2D eigenvalue weighted by atomic mass is 32.2. The van der Waals surface area contributed by atoms with Gasteiger partial charge in [0.2, 0.25) is 10.0 Å². The molecule has 3 aromatic rings. The highest BCUT2D eigenvalue weighted by Gasteiger charge is 2.20. The summed E-state index contributed by atoms with van der Waals surface area (Å²) < 4.78 is 46.7. The first kappa shape index (κ1) is 16.7. The summed E-state index contributed by atoms with van der Waals surface area (Å²) in [5.74, 6) is -0.412. The van der Waals surface area contributed by atoms with E-state index in [9.17, 15) is 12.8 Å². The smallest absolute Gasteiger partial charge is 0.216 e. The Bertz CT molecular complexity index is 946. The van der Waals surface area contributed by atoms with Gasteiger partial charge in [0.05, 0.1) is 11.8 Å². The Hall–Kier alpha value is -2.18. The van der Waals surface area contributed by atoms with Gasteiger partial charge in [-0.2, -0.15) is 0 Å². The molecule has 0 aliphatic heterocycles. The molecule has 1 aromatic heterocycles. The lowest BCUT2D eigenvalue weighted by molar-refractivity contribution is 0.484. The molecular weight excluding hydrogens is 329 g/mol. The Kier molecular flexibility index (Phi) is 4.43. The molecule has 0 saturated heterocycles. The van der Waals surface area contributed by atoms with E-state index in [1.54, 1.807) is 26.0 Å². The molecule has 0 radical (unpaired) electrons. The Morgan fingerprint density at radius 3 is 2.62 bits per heavy atom. The number of rotatable bonds is 5. The molecule has 126 valence electrons. The predicted molar refractivity (Wildman–Crippen MR) is 91.5 cm³/mol. The number of benzene rings is 2. The molecule has 24 heavy (non-hydrogen) atoms. The molecule has 1 atom stereocenters. The second-order valence-electron chi connectivity index (χ2n) is 5.88. The Morgan fingerprint density at radius 1 is 1.17 bits per heavy atom. The number of hydrogen-bond acceptors (Lipinski definition) is 3. The number of fused-ring (bicyclic) bond motifs is 1. The van der Waals surface area contributed by atoms with Crippen molar-refractivity contribution in [3.63, 3.8) is 0 Å². The molecule has 0 unspecified atom stereocenters. The summed E-state index contributed by atoms with van der Waals surface area (Å²) in [5.41, 5.74) is 1.59. The molecule has 0 saturated carbocycles. The van der Waals surface area contributed by atoms with Crippen LogP contribution in [0.25, 0.3) is 11.0 Å². The van der Waals surface area contributed by atoms with Crippen LogP contribution in [0.3, 0.4) is 0 Å². The highest BCUT2D eigenvalue weighted by molar-refractivity contribution is 7.88. The molecule has 0 fully saturated rings. The monoisotopic (exact) mass is 347 g/mol. The first-order valence-electron chi connectivity index (χ1n) is 7.57. The molecule has 2 aromatic carbocycles. The van der Waals surface area contributed by atoms with Crippen molar-refractivity contribution in [1.82, 2.24) is 4.72 Å². The summed E-state index contributed by atoms with van der Waals surface area (Å²) in [6, 6.07) is 13.2. The average Bonchev–Trinajstić information content (AvgIpc) is 2.94. The van der Waals surface area contributed by atoms with Crippen LogP contribution >= 0.6 is 0 Å². The quantitative estimate of drug-likeness (QED) is 0.757. The first-order valence-corrected chi connectivity index (χ1v) is 9.23. The molecule has 3 rings (SSSR count). The van der Waals surface area contributed by atoms with Gasteiger partial charge in [0.15, 0.2) is 0 Å². The summed E-state index contributed by atoms with van der Waals surface area (Å²) in [7, 11) is -3.70. The van der Waals surface area contributed by atoms with E-state index in [4.69, 9.17) is 4.42 Å². The summed E-state index contributed by atoms with van der Waals surface area (Å²) in [6.07, 6.45) is 0. The van der Waals surface area contributed by atoms with Crippen LogP contribution in [0.1, 0.15) is 29.9 Å². The van der Waals surface area contributed by atoms with Gasteiger partial charge < -0.3 is 4.42 Å². The van der Waals surface area contributed by atoms with Crippen LogP contribution in [0, 0.1) is 12.7 Å². The fourth-order valence-electron chi connectivity index (χ4n) is 2.56. The lowest BCUT2D eigenvalue weighted by atomic mass is 10.2. The minimum atomic E-state index is -3.70. The second-order valence-corrected chi connectivity index (χ2v) is 7.63. The Labute approximate surface area is 140 Å². The first-order chi connectivity index (χ1) is 11.3. The number of para-hydroxylation sites is 1. The third-order valence-electron chi connectivity index (χ3n) is 3.78. The van der Waals surface area contributed by atoms with E-state index in [1.807, 2.05) is 24.3 Å². The summed E-state index contributed by atoms with van der Waals surface area (Å²) in [4.78, 5) is 0. The van der Waals surface area contributed by atoms with Gasteiger partial charge in [-0.3, -0.25) is 0 Å². The maximum atomic E-state index is 13.9. The fraction of sp³-hybridized carbons (Fsp3) is 0.222. The van der Waals surface area contributed by atoms with Gasteiger partial charge in [0, 0.05) is 10.9 Å². The van der Waals surface area contributed by atoms with E-state index < -0.39 is 27.6 Å². The highest BCUT2D eigenvalue weighted by Crippen LogP contribution is 2.24. The third-order valence-corrected chi connectivity index (χ3v) is 5.19. The topological polar surface area (TPSA) is 59.3 Å². The number of nitrogens with one attached hydrogen (secondary N) is 1. The number of hydrogen-bond donors (Lipinski definition) is 1. The van der Waals surface area contributed by atoms with E-state index in [-0.39, 0.29) is 5.56 Å². The normalized spacial score (nSPS) is 13.3. The molecule has 0 spiro atoms. The van der Waals surface area contributed by atoms with Crippen molar-refractivity contribution in [2.24, 2.45) is 0 Å². The van der Waals surface area contributed by atoms with Crippen molar-refractivity contribution in [2.45, 2.75) is 25.6 Å². The fourth-order valence-corrected chi connectivity index (χ4v) is 3.94. The molecule has 6 heteroatoms. The zero-order valence-electron chi connectivity index (χ0n) is 13.4. The summed E-state index contributed by atoms with van der Waals surface area (Å²) >= 11 is 0. The van der Waals surface area contributed by atoms with Crippen LogP contribution in [-0.2, 0) is 15.8 Å². The molecule has 0 aliphatic rings. The second kappa shape index (κ2) is 6.37. The van der Waals surface area contributed by atoms with Gasteiger partial charge in [-0.05, 0) is 37.6 Å². The van der Waals surface area contributed by atoms with Crippen LogP contribution in [0.4, 0.5) is 4.39 Å². The van der Waals surface area contributed by atoms with Crippen LogP contribution in [-0.4, -0.2) is 8.42 Å². The van der Waals surface area contributed by atoms with Crippen LogP contribution in [0.2, 0.25) is 0 Å². The molecule has 4 nitrogen and oxygen atoms in total. The maximum Gasteiger partial charge on any atom is 0.216 e. The van der Waals surface area contributed by atoms with Crippen molar-refractivity contribution < 1.29 is 17.2 Å². The molecule has 1 N–H and O–H groups in total. The Balaban J connectivity index is 1.78. The molecule has 1 heterocycles. The average molecular weight is 347 g/mol. The zero-order valence-corrected chi connectivity index (χ0v) is 14.2. The largest absolute Gasteiger partial charge is 0.459 e. The Morgan fingerprint density at radius 2 is 1.92 bits per heavy atom. The molecular formula is C18H18FNO3S.